The van der Waals surface area contributed by atoms with E-state index in [1.54, 1.807) is 0 Å². The number of hydrogen-bond donors (Lipinski definition) is 1. The second-order valence-corrected chi connectivity index (χ2v) is 6.67. The van der Waals surface area contributed by atoms with Crippen molar-refractivity contribution in [1.82, 2.24) is 0 Å². The molecule has 0 saturated heterocycles. The second kappa shape index (κ2) is 9.88. The third-order valence-electron chi connectivity index (χ3n) is 4.24. The average molecular weight is 366 g/mol. The third-order valence-corrected chi connectivity index (χ3v) is 4.49. The molecule has 2 nitrogen and oxygen atoms in total. The minimum Gasteiger partial charge on any atom is -0.491 e. The summed E-state index contributed by atoms with van der Waals surface area (Å²) in [4.78, 5) is 0. The van der Waals surface area contributed by atoms with Crippen molar-refractivity contribution in [3.8, 4) is 5.75 Å². The van der Waals surface area contributed by atoms with Gasteiger partial charge in [-0.2, -0.15) is 0 Å². The molecular formula is C23H24ClNO. The molecule has 0 aliphatic heterocycles. The van der Waals surface area contributed by atoms with Gasteiger partial charge in [0, 0.05) is 11.6 Å². The standard InChI is InChI=1S/C23H24ClNO/c24-21-14-12-20(13-15-21)16-17-25-22-10-4-5-11-23(22)26-18-6-9-19-7-2-1-3-8-19/h1-5,7-8,10-15,25H,6,9,16-18H2. The van der Waals surface area contributed by atoms with Gasteiger partial charge in [0.05, 0.1) is 12.3 Å². The summed E-state index contributed by atoms with van der Waals surface area (Å²) >= 11 is 5.93. The predicted octanol–water partition coefficient (Wildman–Crippen LogP) is 6.01. The van der Waals surface area contributed by atoms with Crippen LogP contribution in [0.5, 0.6) is 5.75 Å². The average Bonchev–Trinajstić information content (AvgIpc) is 2.69. The molecule has 0 atom stereocenters. The molecule has 0 aliphatic rings. The number of ether oxygens (including phenoxy) is 1. The Morgan fingerprint density at radius 3 is 2.23 bits per heavy atom. The van der Waals surface area contributed by atoms with Crippen molar-refractivity contribution in [3.63, 3.8) is 0 Å². The summed E-state index contributed by atoms with van der Waals surface area (Å²) in [7, 11) is 0. The number of halogens is 1. The van der Waals surface area contributed by atoms with E-state index >= 15 is 0 Å². The Hall–Kier alpha value is -2.45. The minimum atomic E-state index is 0.713. The summed E-state index contributed by atoms with van der Waals surface area (Å²) in [5.74, 6) is 0.914. The van der Waals surface area contributed by atoms with Crippen LogP contribution in [-0.4, -0.2) is 13.2 Å². The Labute approximate surface area is 160 Å². The van der Waals surface area contributed by atoms with Crippen molar-refractivity contribution in [2.45, 2.75) is 19.3 Å². The predicted molar refractivity (Wildman–Crippen MR) is 110 cm³/mol. The Morgan fingerprint density at radius 2 is 1.42 bits per heavy atom. The van der Waals surface area contributed by atoms with E-state index in [9.17, 15) is 0 Å². The van der Waals surface area contributed by atoms with E-state index in [1.165, 1.54) is 11.1 Å². The van der Waals surface area contributed by atoms with E-state index in [4.69, 9.17) is 16.3 Å². The van der Waals surface area contributed by atoms with Crippen LogP contribution in [-0.2, 0) is 12.8 Å². The van der Waals surface area contributed by atoms with Gasteiger partial charge in [-0.3, -0.25) is 0 Å². The molecule has 3 heteroatoms. The first-order chi connectivity index (χ1) is 12.8. The molecule has 26 heavy (non-hydrogen) atoms. The minimum absolute atomic E-state index is 0.713. The van der Waals surface area contributed by atoms with Gasteiger partial charge in [-0.05, 0) is 54.7 Å². The number of hydrogen-bond acceptors (Lipinski definition) is 2. The fraction of sp³-hybridized carbons (Fsp3) is 0.217. The Kier molecular flexibility index (Phi) is 6.97. The monoisotopic (exact) mass is 365 g/mol. The number of para-hydroxylation sites is 2. The van der Waals surface area contributed by atoms with Crippen molar-refractivity contribution in [2.75, 3.05) is 18.5 Å². The Bertz CT molecular complexity index is 787. The van der Waals surface area contributed by atoms with Crippen LogP contribution >= 0.6 is 11.6 Å². The summed E-state index contributed by atoms with van der Waals surface area (Å²) in [6.07, 6.45) is 2.98. The zero-order chi connectivity index (χ0) is 18.0. The van der Waals surface area contributed by atoms with Crippen molar-refractivity contribution in [3.05, 3.63) is 95.0 Å². The molecular weight excluding hydrogens is 342 g/mol. The van der Waals surface area contributed by atoms with Crippen molar-refractivity contribution in [2.24, 2.45) is 0 Å². The molecule has 0 spiro atoms. The lowest BCUT2D eigenvalue weighted by atomic mass is 10.1. The molecule has 0 fully saturated rings. The normalized spacial score (nSPS) is 10.5. The smallest absolute Gasteiger partial charge is 0.142 e. The summed E-state index contributed by atoms with van der Waals surface area (Å²) in [5, 5.41) is 4.25. The molecule has 3 aromatic rings. The largest absolute Gasteiger partial charge is 0.491 e. The van der Waals surface area contributed by atoms with Crippen molar-refractivity contribution >= 4 is 17.3 Å². The topological polar surface area (TPSA) is 21.3 Å². The fourth-order valence-electron chi connectivity index (χ4n) is 2.83. The van der Waals surface area contributed by atoms with Gasteiger partial charge in [0.15, 0.2) is 0 Å². The fourth-order valence-corrected chi connectivity index (χ4v) is 2.96. The molecule has 3 rings (SSSR count). The number of nitrogens with one attached hydrogen (secondary N) is 1. The van der Waals surface area contributed by atoms with Crippen LogP contribution in [0.1, 0.15) is 17.5 Å². The highest BCUT2D eigenvalue weighted by molar-refractivity contribution is 6.30. The van der Waals surface area contributed by atoms with Gasteiger partial charge in [-0.1, -0.05) is 66.2 Å². The van der Waals surface area contributed by atoms with Crippen LogP contribution in [0.15, 0.2) is 78.9 Å². The van der Waals surface area contributed by atoms with E-state index in [-0.39, 0.29) is 0 Å². The van der Waals surface area contributed by atoms with Crippen LogP contribution in [0.3, 0.4) is 0 Å². The van der Waals surface area contributed by atoms with E-state index in [0.717, 1.165) is 42.3 Å². The van der Waals surface area contributed by atoms with Crippen molar-refractivity contribution in [1.29, 1.82) is 0 Å². The van der Waals surface area contributed by atoms with Crippen LogP contribution < -0.4 is 10.1 Å². The zero-order valence-corrected chi connectivity index (χ0v) is 15.6. The maximum Gasteiger partial charge on any atom is 0.142 e. The molecule has 1 N–H and O–H groups in total. The third kappa shape index (κ3) is 5.82. The van der Waals surface area contributed by atoms with Gasteiger partial charge in [-0.25, -0.2) is 0 Å². The summed E-state index contributed by atoms with van der Waals surface area (Å²) in [6, 6.07) is 26.6. The summed E-state index contributed by atoms with van der Waals surface area (Å²) in [6.45, 7) is 1.57. The van der Waals surface area contributed by atoms with E-state index in [2.05, 4.69) is 47.8 Å². The first-order valence-electron chi connectivity index (χ1n) is 9.05. The van der Waals surface area contributed by atoms with Gasteiger partial charge in [0.1, 0.15) is 5.75 Å². The van der Waals surface area contributed by atoms with E-state index in [1.807, 2.05) is 36.4 Å². The first-order valence-corrected chi connectivity index (χ1v) is 9.43. The highest BCUT2D eigenvalue weighted by atomic mass is 35.5. The maximum atomic E-state index is 6.00. The molecule has 3 aromatic carbocycles. The van der Waals surface area contributed by atoms with Gasteiger partial charge in [0.2, 0.25) is 0 Å². The van der Waals surface area contributed by atoms with Gasteiger partial charge in [-0.15, -0.1) is 0 Å². The number of aryl methyl sites for hydroxylation is 1. The van der Waals surface area contributed by atoms with Crippen LogP contribution in [0.25, 0.3) is 0 Å². The van der Waals surface area contributed by atoms with Crippen LogP contribution in [0, 0.1) is 0 Å². The lowest BCUT2D eigenvalue weighted by Gasteiger charge is -2.13. The highest BCUT2D eigenvalue weighted by Crippen LogP contribution is 2.24. The zero-order valence-electron chi connectivity index (χ0n) is 14.8. The van der Waals surface area contributed by atoms with Gasteiger partial charge >= 0.3 is 0 Å². The molecule has 0 amide bonds. The summed E-state index contributed by atoms with van der Waals surface area (Å²) < 4.78 is 6.00. The SMILES string of the molecule is Clc1ccc(CCNc2ccccc2OCCCc2ccccc2)cc1. The molecule has 0 bridgehead atoms. The molecule has 134 valence electrons. The molecule has 0 radical (unpaired) electrons. The first kappa shape index (κ1) is 18.3. The van der Waals surface area contributed by atoms with E-state index in [0.29, 0.717) is 6.61 Å². The number of rotatable bonds is 9. The van der Waals surface area contributed by atoms with Crippen molar-refractivity contribution < 1.29 is 4.74 Å². The molecule has 0 aromatic heterocycles. The lowest BCUT2D eigenvalue weighted by molar-refractivity contribution is 0.312. The number of benzene rings is 3. The molecule has 0 aliphatic carbocycles. The van der Waals surface area contributed by atoms with Crippen LogP contribution in [0.2, 0.25) is 5.02 Å². The molecule has 0 unspecified atom stereocenters. The van der Waals surface area contributed by atoms with E-state index < -0.39 is 0 Å². The Balaban J connectivity index is 1.45. The quantitative estimate of drug-likeness (QED) is 0.469. The highest BCUT2D eigenvalue weighted by Gasteiger charge is 2.03. The maximum absolute atomic E-state index is 6.00. The van der Waals surface area contributed by atoms with Gasteiger partial charge < -0.3 is 10.1 Å². The summed E-state index contributed by atoms with van der Waals surface area (Å²) in [5.41, 5.74) is 3.66. The Morgan fingerprint density at radius 1 is 0.731 bits per heavy atom. The van der Waals surface area contributed by atoms with Crippen LogP contribution in [0.4, 0.5) is 5.69 Å². The van der Waals surface area contributed by atoms with Gasteiger partial charge in [0.25, 0.3) is 0 Å². The second-order valence-electron chi connectivity index (χ2n) is 6.24. The molecule has 0 heterocycles. The number of anilines is 1. The lowest BCUT2D eigenvalue weighted by Crippen LogP contribution is -2.07. The molecule has 0 saturated carbocycles.